The lowest BCUT2D eigenvalue weighted by atomic mass is 10.1. The Morgan fingerprint density at radius 1 is 1.40 bits per heavy atom. The molecule has 0 radical (unpaired) electrons. The summed E-state index contributed by atoms with van der Waals surface area (Å²) in [6.07, 6.45) is 2.21. The lowest BCUT2D eigenvalue weighted by Crippen LogP contribution is -2.42. The third kappa shape index (κ3) is 2.76. The minimum atomic E-state index is -0.114. The first-order chi connectivity index (χ1) is 7.25. The van der Waals surface area contributed by atoms with Crippen LogP contribution in [0.25, 0.3) is 0 Å². The van der Waals surface area contributed by atoms with Crippen molar-refractivity contribution in [3.05, 3.63) is 35.6 Å². The predicted molar refractivity (Wildman–Crippen MR) is 58.9 cm³/mol. The first-order valence-corrected chi connectivity index (χ1v) is 5.47. The van der Waals surface area contributed by atoms with Crippen LogP contribution in [0.4, 0.5) is 4.39 Å². The van der Waals surface area contributed by atoms with Crippen molar-refractivity contribution in [2.24, 2.45) is 5.73 Å². The van der Waals surface area contributed by atoms with Gasteiger partial charge < -0.3 is 5.73 Å². The van der Waals surface area contributed by atoms with Gasteiger partial charge in [-0.15, -0.1) is 0 Å². The molecule has 15 heavy (non-hydrogen) atoms. The number of benzene rings is 1. The number of rotatable bonds is 2. The van der Waals surface area contributed by atoms with Gasteiger partial charge >= 0.3 is 0 Å². The quantitative estimate of drug-likeness (QED) is 0.802. The summed E-state index contributed by atoms with van der Waals surface area (Å²) < 4.78 is 13.4. The molecule has 1 aliphatic rings. The largest absolute Gasteiger partial charge is 0.327 e. The average Bonchev–Trinajstić information content (AvgIpc) is 2.22. The standard InChI is InChI=1S/C12H17FN2/c13-12-6-2-1-4-10(12)8-15-7-3-5-11(14)9-15/h1-2,4,6,11H,3,5,7-9,14H2. The van der Waals surface area contributed by atoms with Crippen molar-refractivity contribution in [2.75, 3.05) is 13.1 Å². The van der Waals surface area contributed by atoms with E-state index in [0.717, 1.165) is 31.5 Å². The van der Waals surface area contributed by atoms with E-state index in [2.05, 4.69) is 4.90 Å². The zero-order chi connectivity index (χ0) is 10.7. The number of hydrogen-bond acceptors (Lipinski definition) is 2. The highest BCUT2D eigenvalue weighted by atomic mass is 19.1. The van der Waals surface area contributed by atoms with E-state index in [0.29, 0.717) is 6.54 Å². The normalized spacial score (nSPS) is 22.9. The fourth-order valence-electron chi connectivity index (χ4n) is 2.10. The number of piperidine rings is 1. The molecule has 1 atom stereocenters. The van der Waals surface area contributed by atoms with Gasteiger partial charge in [-0.3, -0.25) is 4.90 Å². The molecule has 0 amide bonds. The summed E-state index contributed by atoms with van der Waals surface area (Å²) in [6.45, 7) is 2.59. The second kappa shape index (κ2) is 4.73. The van der Waals surface area contributed by atoms with E-state index in [1.54, 1.807) is 6.07 Å². The van der Waals surface area contributed by atoms with Crippen LogP contribution in [-0.2, 0) is 6.54 Å². The molecule has 3 heteroatoms. The fraction of sp³-hybridized carbons (Fsp3) is 0.500. The Kier molecular flexibility index (Phi) is 3.34. The van der Waals surface area contributed by atoms with Crippen LogP contribution < -0.4 is 5.73 Å². The minimum absolute atomic E-state index is 0.114. The third-order valence-electron chi connectivity index (χ3n) is 2.89. The number of nitrogens with zero attached hydrogens (tertiary/aromatic N) is 1. The number of hydrogen-bond donors (Lipinski definition) is 1. The Morgan fingerprint density at radius 3 is 2.93 bits per heavy atom. The molecule has 2 rings (SSSR count). The highest BCUT2D eigenvalue weighted by molar-refractivity contribution is 5.17. The van der Waals surface area contributed by atoms with Crippen molar-refractivity contribution in [3.8, 4) is 0 Å². The molecule has 1 heterocycles. The van der Waals surface area contributed by atoms with Crippen molar-refractivity contribution in [1.82, 2.24) is 4.90 Å². The molecule has 0 aromatic heterocycles. The summed E-state index contributed by atoms with van der Waals surface area (Å²) in [7, 11) is 0. The van der Waals surface area contributed by atoms with Gasteiger partial charge in [0.1, 0.15) is 5.82 Å². The van der Waals surface area contributed by atoms with E-state index in [-0.39, 0.29) is 11.9 Å². The Bertz CT molecular complexity index is 327. The molecule has 2 nitrogen and oxygen atoms in total. The van der Waals surface area contributed by atoms with Gasteiger partial charge in [-0.1, -0.05) is 18.2 Å². The van der Waals surface area contributed by atoms with Crippen LogP contribution in [0.5, 0.6) is 0 Å². The molecule has 0 bridgehead atoms. The van der Waals surface area contributed by atoms with E-state index in [1.807, 2.05) is 12.1 Å². The monoisotopic (exact) mass is 208 g/mol. The zero-order valence-electron chi connectivity index (χ0n) is 8.82. The Morgan fingerprint density at radius 2 is 2.20 bits per heavy atom. The second-order valence-corrected chi connectivity index (χ2v) is 4.23. The van der Waals surface area contributed by atoms with Gasteiger partial charge in [0, 0.05) is 24.7 Å². The Labute approximate surface area is 89.9 Å². The minimum Gasteiger partial charge on any atom is -0.327 e. The first kappa shape index (κ1) is 10.6. The van der Waals surface area contributed by atoms with Crippen molar-refractivity contribution < 1.29 is 4.39 Å². The molecule has 2 N–H and O–H groups in total. The van der Waals surface area contributed by atoms with Crippen LogP contribution in [0.2, 0.25) is 0 Å². The van der Waals surface area contributed by atoms with Crippen LogP contribution in [-0.4, -0.2) is 24.0 Å². The van der Waals surface area contributed by atoms with Crippen molar-refractivity contribution in [2.45, 2.75) is 25.4 Å². The van der Waals surface area contributed by atoms with E-state index < -0.39 is 0 Å². The van der Waals surface area contributed by atoms with Crippen molar-refractivity contribution in [1.29, 1.82) is 0 Å². The van der Waals surface area contributed by atoms with Crippen LogP contribution in [0.3, 0.4) is 0 Å². The number of nitrogens with two attached hydrogens (primary N) is 1. The van der Waals surface area contributed by atoms with Crippen LogP contribution in [0, 0.1) is 5.82 Å². The van der Waals surface area contributed by atoms with Gasteiger partial charge in [-0.25, -0.2) is 4.39 Å². The molecule has 1 fully saturated rings. The SMILES string of the molecule is NC1CCCN(Cc2ccccc2F)C1. The molecular formula is C12H17FN2. The van der Waals surface area contributed by atoms with Gasteiger partial charge in [-0.2, -0.15) is 0 Å². The molecule has 1 aromatic rings. The smallest absolute Gasteiger partial charge is 0.127 e. The molecule has 0 spiro atoms. The Hall–Kier alpha value is -0.930. The number of halogens is 1. The maximum Gasteiger partial charge on any atom is 0.127 e. The highest BCUT2D eigenvalue weighted by Crippen LogP contribution is 2.14. The fourth-order valence-corrected chi connectivity index (χ4v) is 2.10. The molecule has 1 aromatic carbocycles. The van der Waals surface area contributed by atoms with Gasteiger partial charge in [0.25, 0.3) is 0 Å². The van der Waals surface area contributed by atoms with Gasteiger partial charge in [0.2, 0.25) is 0 Å². The maximum absolute atomic E-state index is 13.4. The predicted octanol–water partition coefficient (Wildman–Crippen LogP) is 1.75. The lowest BCUT2D eigenvalue weighted by Gasteiger charge is -2.30. The molecular weight excluding hydrogens is 191 g/mol. The van der Waals surface area contributed by atoms with E-state index in [1.165, 1.54) is 6.07 Å². The summed E-state index contributed by atoms with van der Waals surface area (Å²) >= 11 is 0. The molecule has 1 unspecified atom stereocenters. The summed E-state index contributed by atoms with van der Waals surface area (Å²) in [5.74, 6) is -0.114. The second-order valence-electron chi connectivity index (χ2n) is 4.23. The third-order valence-corrected chi connectivity index (χ3v) is 2.89. The molecule has 1 aliphatic heterocycles. The van der Waals surface area contributed by atoms with E-state index in [9.17, 15) is 4.39 Å². The van der Waals surface area contributed by atoms with Crippen LogP contribution >= 0.6 is 0 Å². The average molecular weight is 208 g/mol. The van der Waals surface area contributed by atoms with Gasteiger partial charge in [0.15, 0.2) is 0 Å². The molecule has 1 saturated heterocycles. The zero-order valence-corrected chi connectivity index (χ0v) is 8.82. The summed E-state index contributed by atoms with van der Waals surface area (Å²) in [5, 5.41) is 0. The summed E-state index contributed by atoms with van der Waals surface area (Å²) in [6, 6.07) is 7.21. The molecule has 82 valence electrons. The molecule has 0 saturated carbocycles. The van der Waals surface area contributed by atoms with Crippen molar-refractivity contribution >= 4 is 0 Å². The van der Waals surface area contributed by atoms with E-state index >= 15 is 0 Å². The van der Waals surface area contributed by atoms with Crippen molar-refractivity contribution in [3.63, 3.8) is 0 Å². The lowest BCUT2D eigenvalue weighted by molar-refractivity contribution is 0.199. The number of likely N-dealkylation sites (tertiary alicyclic amines) is 1. The first-order valence-electron chi connectivity index (χ1n) is 5.47. The molecule has 0 aliphatic carbocycles. The topological polar surface area (TPSA) is 29.3 Å². The Balaban J connectivity index is 1.99. The van der Waals surface area contributed by atoms with Crippen LogP contribution in [0.15, 0.2) is 24.3 Å². The highest BCUT2D eigenvalue weighted by Gasteiger charge is 2.17. The maximum atomic E-state index is 13.4. The summed E-state index contributed by atoms with van der Waals surface area (Å²) in [4.78, 5) is 2.23. The van der Waals surface area contributed by atoms with E-state index in [4.69, 9.17) is 5.73 Å². The summed E-state index contributed by atoms with van der Waals surface area (Å²) in [5.41, 5.74) is 6.65. The van der Waals surface area contributed by atoms with Gasteiger partial charge in [-0.05, 0) is 25.5 Å². The van der Waals surface area contributed by atoms with Crippen LogP contribution in [0.1, 0.15) is 18.4 Å². The van der Waals surface area contributed by atoms with Gasteiger partial charge in [0.05, 0.1) is 0 Å².